The van der Waals surface area contributed by atoms with E-state index in [4.69, 9.17) is 16.6 Å². The second-order valence-corrected chi connectivity index (χ2v) is 12.0. The van der Waals surface area contributed by atoms with E-state index in [-0.39, 0.29) is 10.8 Å². The van der Waals surface area contributed by atoms with Gasteiger partial charge in [0, 0.05) is 37.7 Å². The molecule has 0 bridgehead atoms. The number of anilines is 1. The maximum absolute atomic E-state index is 13.4. The summed E-state index contributed by atoms with van der Waals surface area (Å²) in [6.07, 6.45) is 2.22. The number of aromatic nitrogens is 1. The molecule has 2 saturated heterocycles. The van der Waals surface area contributed by atoms with Crippen LogP contribution in [0.15, 0.2) is 47.4 Å². The van der Waals surface area contributed by atoms with Crippen molar-refractivity contribution >= 4 is 54.2 Å². The summed E-state index contributed by atoms with van der Waals surface area (Å²) in [4.78, 5) is 22.3. The number of amides is 1. The van der Waals surface area contributed by atoms with Gasteiger partial charge in [0.2, 0.25) is 15.9 Å². The summed E-state index contributed by atoms with van der Waals surface area (Å²) in [5, 5.41) is 1.45. The van der Waals surface area contributed by atoms with Gasteiger partial charge in [-0.3, -0.25) is 4.79 Å². The van der Waals surface area contributed by atoms with Crippen LogP contribution in [0.1, 0.15) is 25.3 Å². The topological polar surface area (TPSA) is 73.8 Å². The van der Waals surface area contributed by atoms with Crippen molar-refractivity contribution in [3.8, 4) is 0 Å². The monoisotopic (exact) mass is 518 g/mol. The number of hydrogen-bond acceptors (Lipinski definition) is 6. The van der Waals surface area contributed by atoms with Crippen molar-refractivity contribution in [1.29, 1.82) is 0 Å². The fraction of sp³-hybridized carbons (Fsp3) is 0.417. The zero-order chi connectivity index (χ0) is 23.9. The molecule has 1 unspecified atom stereocenters. The molecule has 1 atom stereocenters. The standard InChI is InChI=1S/C24H27ClN4O3S2/c1-2-17-5-10-20-22(16-17)33-24(26-20)28-14-12-27(13-15-28)23(30)21-4-3-11-29(21)34(31,32)19-8-6-18(25)7-9-19/h5-10,16,21H,2-4,11-15H2,1H3. The predicted octanol–water partition coefficient (Wildman–Crippen LogP) is 4.01. The molecule has 2 aliphatic rings. The molecule has 2 aromatic carbocycles. The van der Waals surface area contributed by atoms with Gasteiger partial charge in [-0.1, -0.05) is 35.9 Å². The maximum Gasteiger partial charge on any atom is 0.243 e. The van der Waals surface area contributed by atoms with Crippen molar-refractivity contribution in [3.63, 3.8) is 0 Å². The number of thiazole rings is 1. The first-order chi connectivity index (χ1) is 16.4. The third kappa shape index (κ3) is 4.42. The molecule has 2 fully saturated rings. The average molecular weight is 519 g/mol. The highest BCUT2D eigenvalue weighted by atomic mass is 35.5. The Kier molecular flexibility index (Phi) is 6.54. The molecule has 3 heterocycles. The first kappa shape index (κ1) is 23.5. The highest BCUT2D eigenvalue weighted by Crippen LogP contribution is 2.31. The van der Waals surface area contributed by atoms with Crippen molar-refractivity contribution < 1.29 is 13.2 Å². The van der Waals surface area contributed by atoms with Crippen LogP contribution in [0, 0.1) is 0 Å². The molecule has 2 aliphatic heterocycles. The Hall–Kier alpha value is -2.20. The molecule has 1 aromatic heterocycles. The van der Waals surface area contributed by atoms with Gasteiger partial charge in [0.05, 0.1) is 15.1 Å². The van der Waals surface area contributed by atoms with Crippen LogP contribution in [-0.4, -0.2) is 67.3 Å². The van der Waals surface area contributed by atoms with Gasteiger partial charge in [-0.15, -0.1) is 0 Å². The van der Waals surface area contributed by atoms with E-state index in [0.29, 0.717) is 50.6 Å². The minimum atomic E-state index is -3.75. The number of carbonyl (C=O) groups is 1. The van der Waals surface area contributed by atoms with Gasteiger partial charge >= 0.3 is 0 Å². The zero-order valence-electron chi connectivity index (χ0n) is 19.0. The summed E-state index contributed by atoms with van der Waals surface area (Å²) in [5.41, 5.74) is 2.30. The number of sulfonamides is 1. The van der Waals surface area contributed by atoms with Crippen molar-refractivity contribution in [1.82, 2.24) is 14.2 Å². The van der Waals surface area contributed by atoms with E-state index < -0.39 is 16.1 Å². The summed E-state index contributed by atoms with van der Waals surface area (Å²) in [6.45, 7) is 4.98. The second-order valence-electron chi connectivity index (χ2n) is 8.69. The molecule has 180 valence electrons. The molecule has 0 spiro atoms. The third-order valence-corrected chi connectivity index (χ3v) is 9.87. The van der Waals surface area contributed by atoms with Crippen LogP contribution in [0.3, 0.4) is 0 Å². The van der Waals surface area contributed by atoms with E-state index >= 15 is 0 Å². The number of aryl methyl sites for hydroxylation is 1. The van der Waals surface area contributed by atoms with Gasteiger partial charge in [0.15, 0.2) is 5.13 Å². The summed E-state index contributed by atoms with van der Waals surface area (Å²) in [6, 6.07) is 11.9. The Morgan fingerprint density at radius 1 is 1.09 bits per heavy atom. The fourth-order valence-electron chi connectivity index (χ4n) is 4.66. The summed E-state index contributed by atoms with van der Waals surface area (Å²) >= 11 is 7.60. The lowest BCUT2D eigenvalue weighted by molar-refractivity contribution is -0.134. The van der Waals surface area contributed by atoms with Crippen molar-refractivity contribution in [2.75, 3.05) is 37.6 Å². The molecule has 5 rings (SSSR count). The van der Waals surface area contributed by atoms with Crippen LogP contribution >= 0.6 is 22.9 Å². The number of rotatable bonds is 5. The van der Waals surface area contributed by atoms with Gasteiger partial charge in [-0.05, 0) is 61.2 Å². The summed E-state index contributed by atoms with van der Waals surface area (Å²) in [7, 11) is -3.75. The molecule has 3 aromatic rings. The fourth-order valence-corrected chi connectivity index (χ4v) is 7.52. The molecule has 0 N–H and O–H groups in total. The molecule has 10 heteroatoms. The van der Waals surface area contributed by atoms with Gasteiger partial charge in [-0.2, -0.15) is 4.31 Å². The van der Waals surface area contributed by atoms with Gasteiger partial charge < -0.3 is 9.80 Å². The number of nitrogens with zero attached hydrogens (tertiary/aromatic N) is 4. The van der Waals surface area contributed by atoms with Crippen LogP contribution in [0.4, 0.5) is 5.13 Å². The minimum absolute atomic E-state index is 0.105. The van der Waals surface area contributed by atoms with Crippen molar-refractivity contribution in [3.05, 3.63) is 53.1 Å². The first-order valence-corrected chi connectivity index (χ1v) is 14.2. The van der Waals surface area contributed by atoms with Crippen LogP contribution in [0.2, 0.25) is 5.02 Å². The van der Waals surface area contributed by atoms with Crippen LogP contribution in [0.25, 0.3) is 10.2 Å². The Morgan fingerprint density at radius 2 is 1.82 bits per heavy atom. The number of carbonyl (C=O) groups excluding carboxylic acids is 1. The minimum Gasteiger partial charge on any atom is -0.345 e. The van der Waals surface area contributed by atoms with E-state index in [0.717, 1.165) is 17.1 Å². The average Bonchev–Trinajstić information content (AvgIpc) is 3.51. The predicted molar refractivity (Wildman–Crippen MR) is 136 cm³/mol. The lowest BCUT2D eigenvalue weighted by Gasteiger charge is -2.37. The van der Waals surface area contributed by atoms with E-state index in [1.54, 1.807) is 28.4 Å². The molecule has 7 nitrogen and oxygen atoms in total. The number of fused-ring (bicyclic) bond motifs is 1. The summed E-state index contributed by atoms with van der Waals surface area (Å²) in [5.74, 6) is -0.105. The number of hydrogen-bond donors (Lipinski definition) is 0. The number of halogens is 1. The van der Waals surface area contributed by atoms with Gasteiger partial charge in [-0.25, -0.2) is 13.4 Å². The third-order valence-electron chi connectivity index (χ3n) is 6.62. The smallest absolute Gasteiger partial charge is 0.243 e. The maximum atomic E-state index is 13.4. The lowest BCUT2D eigenvalue weighted by atomic mass is 10.2. The molecular formula is C24H27ClN4O3S2. The Bertz CT molecular complexity index is 1300. The second kappa shape index (κ2) is 9.45. The van der Waals surface area contributed by atoms with E-state index in [1.165, 1.54) is 26.7 Å². The molecule has 0 aliphatic carbocycles. The highest BCUT2D eigenvalue weighted by Gasteiger charge is 2.41. The quantitative estimate of drug-likeness (QED) is 0.510. The van der Waals surface area contributed by atoms with Crippen LogP contribution in [-0.2, 0) is 21.2 Å². The Labute approximate surface area is 209 Å². The van der Waals surface area contributed by atoms with Gasteiger partial charge in [0.1, 0.15) is 6.04 Å². The lowest BCUT2D eigenvalue weighted by Crippen LogP contribution is -2.54. The van der Waals surface area contributed by atoms with E-state index in [2.05, 4.69) is 30.0 Å². The molecule has 0 saturated carbocycles. The Morgan fingerprint density at radius 3 is 2.53 bits per heavy atom. The number of piperazine rings is 1. The van der Waals surface area contributed by atoms with Gasteiger partial charge in [0.25, 0.3) is 0 Å². The van der Waals surface area contributed by atoms with E-state index in [9.17, 15) is 13.2 Å². The van der Waals surface area contributed by atoms with Crippen LogP contribution in [0.5, 0.6) is 0 Å². The molecular weight excluding hydrogens is 492 g/mol. The van der Waals surface area contributed by atoms with E-state index in [1.807, 2.05) is 0 Å². The van der Waals surface area contributed by atoms with Crippen molar-refractivity contribution in [2.45, 2.75) is 37.1 Å². The largest absolute Gasteiger partial charge is 0.345 e. The summed E-state index contributed by atoms with van der Waals surface area (Å²) < 4.78 is 29.0. The van der Waals surface area contributed by atoms with Crippen molar-refractivity contribution in [2.24, 2.45) is 0 Å². The van der Waals surface area contributed by atoms with Crippen LogP contribution < -0.4 is 4.90 Å². The normalized spacial score (nSPS) is 19.8. The number of benzene rings is 2. The zero-order valence-corrected chi connectivity index (χ0v) is 21.4. The molecule has 1 amide bonds. The Balaban J connectivity index is 1.26. The molecule has 0 radical (unpaired) electrons. The SMILES string of the molecule is CCc1ccc2nc(N3CCN(C(=O)C4CCCN4S(=O)(=O)c4ccc(Cl)cc4)CC3)sc2c1. The highest BCUT2D eigenvalue weighted by molar-refractivity contribution is 7.89. The first-order valence-electron chi connectivity index (χ1n) is 11.6. The molecule has 34 heavy (non-hydrogen) atoms.